The average Bonchev–Trinajstić information content (AvgIpc) is 3.03. The lowest BCUT2D eigenvalue weighted by atomic mass is 10.1. The maximum Gasteiger partial charge on any atom is 0.322 e. The quantitative estimate of drug-likeness (QED) is 0.758. The van der Waals surface area contributed by atoms with Gasteiger partial charge in [-0.15, -0.1) is 5.10 Å². The zero-order valence-corrected chi connectivity index (χ0v) is 13.5. The Morgan fingerprint density at radius 2 is 1.88 bits per heavy atom. The van der Waals surface area contributed by atoms with E-state index in [-0.39, 0.29) is 11.9 Å². The molecule has 2 aromatic carbocycles. The molecular formula is C16H8Cl2N4O2. The van der Waals surface area contributed by atoms with E-state index in [2.05, 4.69) is 15.5 Å². The van der Waals surface area contributed by atoms with E-state index in [0.717, 1.165) is 0 Å². The van der Waals surface area contributed by atoms with E-state index in [1.165, 1.54) is 12.1 Å². The SMILES string of the molecule is N#Cc1ccc(C(=O)Nc2nnc(-c3ccc(Cl)cc3Cl)o2)cc1. The van der Waals surface area contributed by atoms with Crippen molar-refractivity contribution < 1.29 is 9.21 Å². The summed E-state index contributed by atoms with van der Waals surface area (Å²) in [5.41, 5.74) is 1.33. The summed E-state index contributed by atoms with van der Waals surface area (Å²) in [6.45, 7) is 0. The van der Waals surface area contributed by atoms with Gasteiger partial charge in [-0.05, 0) is 42.5 Å². The van der Waals surface area contributed by atoms with Gasteiger partial charge in [0.2, 0.25) is 0 Å². The molecule has 0 saturated carbocycles. The largest absolute Gasteiger partial charge is 0.403 e. The Morgan fingerprint density at radius 1 is 1.12 bits per heavy atom. The van der Waals surface area contributed by atoms with Crippen molar-refractivity contribution in [2.24, 2.45) is 0 Å². The Balaban J connectivity index is 1.78. The second kappa shape index (κ2) is 6.71. The molecule has 0 spiro atoms. The van der Waals surface area contributed by atoms with Crippen molar-refractivity contribution in [3.8, 4) is 17.5 Å². The predicted molar refractivity (Wildman–Crippen MR) is 88.9 cm³/mol. The highest BCUT2D eigenvalue weighted by Gasteiger charge is 2.15. The summed E-state index contributed by atoms with van der Waals surface area (Å²) < 4.78 is 5.39. The van der Waals surface area contributed by atoms with Crippen LogP contribution >= 0.6 is 23.2 Å². The van der Waals surface area contributed by atoms with E-state index in [9.17, 15) is 4.79 Å². The van der Waals surface area contributed by atoms with Gasteiger partial charge < -0.3 is 4.42 Å². The van der Waals surface area contributed by atoms with Gasteiger partial charge in [-0.1, -0.05) is 28.3 Å². The maximum absolute atomic E-state index is 12.1. The molecule has 3 aromatic rings. The molecule has 0 aliphatic carbocycles. The minimum absolute atomic E-state index is 0.0645. The maximum atomic E-state index is 12.1. The van der Waals surface area contributed by atoms with Crippen molar-refractivity contribution in [1.82, 2.24) is 10.2 Å². The number of carbonyl (C=O) groups excluding carboxylic acids is 1. The van der Waals surface area contributed by atoms with Crippen LogP contribution in [0, 0.1) is 11.3 Å². The van der Waals surface area contributed by atoms with Gasteiger partial charge in [-0.2, -0.15) is 5.26 Å². The molecule has 3 rings (SSSR count). The van der Waals surface area contributed by atoms with Crippen LogP contribution in [0.5, 0.6) is 0 Å². The molecular weight excluding hydrogens is 351 g/mol. The molecule has 24 heavy (non-hydrogen) atoms. The molecule has 0 unspecified atom stereocenters. The Bertz CT molecular complexity index is 945. The van der Waals surface area contributed by atoms with Crippen molar-refractivity contribution in [1.29, 1.82) is 5.26 Å². The number of nitrogens with one attached hydrogen (secondary N) is 1. The molecule has 6 nitrogen and oxygen atoms in total. The van der Waals surface area contributed by atoms with Gasteiger partial charge >= 0.3 is 6.01 Å². The van der Waals surface area contributed by atoms with Crippen LogP contribution in [-0.4, -0.2) is 16.1 Å². The van der Waals surface area contributed by atoms with Gasteiger partial charge in [0.1, 0.15) is 0 Å². The highest BCUT2D eigenvalue weighted by atomic mass is 35.5. The number of nitrogens with zero attached hydrogens (tertiary/aromatic N) is 3. The molecule has 0 atom stereocenters. The molecule has 1 aromatic heterocycles. The number of carbonyl (C=O) groups is 1. The van der Waals surface area contributed by atoms with Crippen molar-refractivity contribution >= 4 is 35.1 Å². The average molecular weight is 359 g/mol. The molecule has 118 valence electrons. The lowest BCUT2D eigenvalue weighted by Gasteiger charge is -2.01. The normalized spacial score (nSPS) is 10.2. The molecule has 0 saturated heterocycles. The van der Waals surface area contributed by atoms with Gasteiger partial charge in [0.25, 0.3) is 11.8 Å². The predicted octanol–water partition coefficient (Wildman–Crippen LogP) is 4.17. The fraction of sp³-hybridized carbons (Fsp3) is 0. The van der Waals surface area contributed by atoms with E-state index < -0.39 is 5.91 Å². The third-order valence-electron chi connectivity index (χ3n) is 3.08. The third-order valence-corrected chi connectivity index (χ3v) is 3.63. The zero-order valence-electron chi connectivity index (χ0n) is 12.0. The minimum Gasteiger partial charge on any atom is -0.403 e. The molecule has 0 radical (unpaired) electrons. The van der Waals surface area contributed by atoms with Gasteiger partial charge in [0.05, 0.1) is 22.2 Å². The van der Waals surface area contributed by atoms with Crippen LogP contribution in [0.2, 0.25) is 10.0 Å². The van der Waals surface area contributed by atoms with Gasteiger partial charge in [0.15, 0.2) is 0 Å². The Kier molecular flexibility index (Phi) is 4.47. The number of hydrogen-bond acceptors (Lipinski definition) is 5. The van der Waals surface area contributed by atoms with Crippen LogP contribution in [0.1, 0.15) is 15.9 Å². The Labute approximate surface area is 146 Å². The highest BCUT2D eigenvalue weighted by Crippen LogP contribution is 2.30. The Morgan fingerprint density at radius 3 is 2.54 bits per heavy atom. The van der Waals surface area contributed by atoms with E-state index in [1.807, 2.05) is 6.07 Å². The molecule has 0 aliphatic rings. The number of aromatic nitrogens is 2. The van der Waals surface area contributed by atoms with Crippen LogP contribution in [0.4, 0.5) is 6.01 Å². The number of rotatable bonds is 3. The monoisotopic (exact) mass is 358 g/mol. The molecule has 1 heterocycles. The van der Waals surface area contributed by atoms with Crippen molar-refractivity contribution in [2.45, 2.75) is 0 Å². The van der Waals surface area contributed by atoms with Gasteiger partial charge in [-0.25, -0.2) is 0 Å². The lowest BCUT2D eigenvalue weighted by Crippen LogP contribution is -2.11. The summed E-state index contributed by atoms with van der Waals surface area (Å²) in [6.07, 6.45) is 0. The molecule has 0 aliphatic heterocycles. The molecule has 1 amide bonds. The summed E-state index contributed by atoms with van der Waals surface area (Å²) in [7, 11) is 0. The fourth-order valence-electron chi connectivity index (χ4n) is 1.91. The number of anilines is 1. The number of amides is 1. The highest BCUT2D eigenvalue weighted by molar-refractivity contribution is 6.36. The summed E-state index contributed by atoms with van der Waals surface area (Å²) >= 11 is 11.9. The van der Waals surface area contributed by atoms with Crippen LogP contribution in [-0.2, 0) is 0 Å². The third kappa shape index (κ3) is 3.38. The standard InChI is InChI=1S/C16H8Cl2N4O2/c17-11-5-6-12(13(18)7-11)15-21-22-16(24-15)20-14(23)10-3-1-9(8-19)2-4-10/h1-7H,(H,20,22,23). The van der Waals surface area contributed by atoms with Crippen LogP contribution in [0.3, 0.4) is 0 Å². The topological polar surface area (TPSA) is 91.8 Å². The molecule has 0 bridgehead atoms. The summed E-state index contributed by atoms with van der Waals surface area (Å²) in [4.78, 5) is 12.1. The Hall–Kier alpha value is -2.88. The zero-order chi connectivity index (χ0) is 17.1. The van der Waals surface area contributed by atoms with E-state index in [0.29, 0.717) is 26.7 Å². The van der Waals surface area contributed by atoms with Crippen LogP contribution < -0.4 is 5.32 Å². The van der Waals surface area contributed by atoms with Crippen LogP contribution in [0.25, 0.3) is 11.5 Å². The molecule has 1 N–H and O–H groups in total. The van der Waals surface area contributed by atoms with Crippen LogP contribution in [0.15, 0.2) is 46.9 Å². The summed E-state index contributed by atoms with van der Waals surface area (Å²) in [5, 5.41) is 19.7. The van der Waals surface area contributed by atoms with Gasteiger partial charge in [0, 0.05) is 10.6 Å². The summed E-state index contributed by atoms with van der Waals surface area (Å²) in [6, 6.07) is 12.9. The first-order valence-electron chi connectivity index (χ1n) is 6.67. The smallest absolute Gasteiger partial charge is 0.322 e. The first-order chi connectivity index (χ1) is 11.6. The van der Waals surface area contributed by atoms with Crippen molar-refractivity contribution in [2.75, 3.05) is 5.32 Å². The van der Waals surface area contributed by atoms with E-state index in [4.69, 9.17) is 32.9 Å². The second-order valence-corrected chi connectivity index (χ2v) is 5.52. The molecule has 8 heteroatoms. The molecule has 0 fully saturated rings. The summed E-state index contributed by atoms with van der Waals surface area (Å²) in [5.74, 6) is -0.274. The number of hydrogen-bond donors (Lipinski definition) is 1. The van der Waals surface area contributed by atoms with Gasteiger partial charge in [-0.3, -0.25) is 10.1 Å². The number of nitriles is 1. The van der Waals surface area contributed by atoms with E-state index in [1.54, 1.807) is 30.3 Å². The minimum atomic E-state index is -0.433. The number of benzene rings is 2. The van der Waals surface area contributed by atoms with E-state index >= 15 is 0 Å². The number of halogens is 2. The lowest BCUT2D eigenvalue weighted by molar-refractivity contribution is 0.102. The fourth-order valence-corrected chi connectivity index (χ4v) is 2.40. The van der Waals surface area contributed by atoms with Crippen molar-refractivity contribution in [3.05, 3.63) is 63.6 Å². The second-order valence-electron chi connectivity index (χ2n) is 4.68. The first-order valence-corrected chi connectivity index (χ1v) is 7.43. The first kappa shape index (κ1) is 16.0. The van der Waals surface area contributed by atoms with Crippen molar-refractivity contribution in [3.63, 3.8) is 0 Å².